The van der Waals surface area contributed by atoms with Gasteiger partial charge in [-0.15, -0.1) is 0 Å². The van der Waals surface area contributed by atoms with Crippen LogP contribution in [0, 0.1) is 11.6 Å². The van der Waals surface area contributed by atoms with Crippen LogP contribution in [0.25, 0.3) is 0 Å². The predicted octanol–water partition coefficient (Wildman–Crippen LogP) is 4.37. The Hall–Kier alpha value is -3.68. The first-order valence-corrected chi connectivity index (χ1v) is 11.4. The van der Waals surface area contributed by atoms with Crippen LogP contribution in [0.3, 0.4) is 0 Å². The Morgan fingerprint density at radius 2 is 1.89 bits per heavy atom. The molecule has 2 N–H and O–H groups in total. The Morgan fingerprint density at radius 1 is 1.21 bits per heavy atom. The summed E-state index contributed by atoms with van der Waals surface area (Å²) >= 11 is 0. The monoisotopic (exact) mass is 545 g/mol. The molecule has 1 aromatic carbocycles. The molecule has 0 bridgehead atoms. The number of H-pyrrole nitrogens is 1. The fourth-order valence-electron chi connectivity index (χ4n) is 4.38. The lowest BCUT2D eigenvalue weighted by molar-refractivity contribution is -0.147. The third-order valence-corrected chi connectivity index (χ3v) is 6.35. The molecule has 204 valence electrons. The molecule has 0 radical (unpaired) electrons. The number of amides is 1. The zero-order valence-electron chi connectivity index (χ0n) is 19.8. The lowest BCUT2D eigenvalue weighted by Crippen LogP contribution is -2.52. The number of rotatable bonds is 6. The van der Waals surface area contributed by atoms with Gasteiger partial charge in [0.05, 0.1) is 12.0 Å². The summed E-state index contributed by atoms with van der Waals surface area (Å²) in [6.07, 6.45) is -3.46. The van der Waals surface area contributed by atoms with Crippen LogP contribution in [0.15, 0.2) is 47.5 Å². The van der Waals surface area contributed by atoms with Gasteiger partial charge in [0.2, 0.25) is 17.3 Å². The maximum Gasteiger partial charge on any atom is 0.449 e. The average Bonchev–Trinajstić information content (AvgIpc) is 3.21. The molecular formula is C24H22F7N5O2. The molecule has 1 aliphatic rings. The van der Waals surface area contributed by atoms with Crippen molar-refractivity contribution < 1.29 is 35.5 Å². The van der Waals surface area contributed by atoms with E-state index < -0.39 is 71.8 Å². The number of hydrogen-bond acceptors (Lipinski definition) is 4. The van der Waals surface area contributed by atoms with Crippen molar-refractivity contribution >= 4 is 11.7 Å². The first-order valence-electron chi connectivity index (χ1n) is 11.4. The van der Waals surface area contributed by atoms with Gasteiger partial charge in [-0.2, -0.15) is 13.2 Å². The summed E-state index contributed by atoms with van der Waals surface area (Å²) in [5.41, 5.74) is -0.383. The highest BCUT2D eigenvalue weighted by atomic mass is 19.4. The first kappa shape index (κ1) is 27.4. The van der Waals surface area contributed by atoms with E-state index in [-0.39, 0.29) is 24.2 Å². The summed E-state index contributed by atoms with van der Waals surface area (Å²) in [5, 5.41) is 2.27. The van der Waals surface area contributed by atoms with Crippen molar-refractivity contribution in [1.82, 2.24) is 19.4 Å². The summed E-state index contributed by atoms with van der Waals surface area (Å²) < 4.78 is 97.6. The number of pyridine rings is 1. The highest BCUT2D eigenvalue weighted by Gasteiger charge is 2.46. The molecule has 2 aromatic heterocycles. The normalized spacial score (nSPS) is 18.8. The number of piperidine rings is 1. The van der Waals surface area contributed by atoms with E-state index >= 15 is 0 Å². The maximum atomic E-state index is 14.6. The number of imidazole rings is 1. The SMILES string of the molecule is CC(C(=O)Nc1cn(Cc2cc(F)cc(F)c2)c(C(F)(F)F)n1)N1CCC(F)(F)C(c2ccc(=O)[nH]c2)C1. The van der Waals surface area contributed by atoms with E-state index in [1.165, 1.54) is 24.1 Å². The number of alkyl halides is 5. The van der Waals surface area contributed by atoms with Crippen LogP contribution in [0.4, 0.5) is 36.6 Å². The molecular weight excluding hydrogens is 523 g/mol. The number of halogens is 7. The van der Waals surface area contributed by atoms with E-state index in [9.17, 15) is 40.3 Å². The number of nitrogens with one attached hydrogen (secondary N) is 2. The van der Waals surface area contributed by atoms with Gasteiger partial charge in [0.1, 0.15) is 11.6 Å². The topological polar surface area (TPSA) is 83.0 Å². The minimum atomic E-state index is -4.94. The molecule has 3 heterocycles. The van der Waals surface area contributed by atoms with Crippen LogP contribution in [-0.2, 0) is 17.5 Å². The van der Waals surface area contributed by atoms with Crippen molar-refractivity contribution in [3.8, 4) is 0 Å². The number of carbonyl (C=O) groups is 1. The quantitative estimate of drug-likeness (QED) is 0.451. The van der Waals surface area contributed by atoms with E-state index in [1.54, 1.807) is 0 Å². The van der Waals surface area contributed by atoms with Crippen molar-refractivity contribution in [3.05, 3.63) is 81.7 Å². The molecule has 0 aliphatic carbocycles. The molecule has 4 rings (SSSR count). The number of hydrogen-bond donors (Lipinski definition) is 2. The van der Waals surface area contributed by atoms with Crippen molar-refractivity contribution in [2.24, 2.45) is 0 Å². The summed E-state index contributed by atoms with van der Waals surface area (Å²) in [6.45, 7) is 0.430. The Kier molecular flexibility index (Phi) is 7.37. The predicted molar refractivity (Wildman–Crippen MR) is 122 cm³/mol. The van der Waals surface area contributed by atoms with Gasteiger partial charge in [-0.1, -0.05) is 6.07 Å². The van der Waals surface area contributed by atoms with Crippen LogP contribution in [0.1, 0.15) is 36.2 Å². The second kappa shape index (κ2) is 10.2. The van der Waals surface area contributed by atoms with Crippen molar-refractivity contribution in [3.63, 3.8) is 0 Å². The lowest BCUT2D eigenvalue weighted by atomic mass is 9.87. The number of aromatic nitrogens is 3. The fourth-order valence-corrected chi connectivity index (χ4v) is 4.38. The molecule has 3 aromatic rings. The second-order valence-electron chi connectivity index (χ2n) is 9.06. The maximum absolute atomic E-state index is 14.6. The van der Waals surface area contributed by atoms with Crippen LogP contribution >= 0.6 is 0 Å². The molecule has 1 fully saturated rings. The summed E-state index contributed by atoms with van der Waals surface area (Å²) in [4.78, 5) is 31.4. The van der Waals surface area contributed by atoms with Gasteiger partial charge >= 0.3 is 6.18 Å². The molecule has 1 saturated heterocycles. The number of benzene rings is 1. The van der Waals surface area contributed by atoms with Gasteiger partial charge in [-0.05, 0) is 30.2 Å². The van der Waals surface area contributed by atoms with E-state index in [4.69, 9.17) is 0 Å². The molecule has 7 nitrogen and oxygen atoms in total. The van der Waals surface area contributed by atoms with Crippen LogP contribution in [0.2, 0.25) is 0 Å². The second-order valence-corrected chi connectivity index (χ2v) is 9.06. The Morgan fingerprint density at radius 3 is 2.50 bits per heavy atom. The van der Waals surface area contributed by atoms with Crippen molar-refractivity contribution in [2.75, 3.05) is 18.4 Å². The third kappa shape index (κ3) is 6.06. The third-order valence-electron chi connectivity index (χ3n) is 6.35. The number of anilines is 1. The van der Waals surface area contributed by atoms with Gasteiger partial charge in [0.15, 0.2) is 5.82 Å². The molecule has 2 unspecified atom stereocenters. The summed E-state index contributed by atoms with van der Waals surface area (Å²) in [5.74, 6) is -9.03. The molecule has 2 atom stereocenters. The van der Waals surface area contributed by atoms with Gasteiger partial charge < -0.3 is 14.9 Å². The van der Waals surface area contributed by atoms with Gasteiger partial charge in [0.25, 0.3) is 5.92 Å². The van der Waals surface area contributed by atoms with Crippen LogP contribution in [0.5, 0.6) is 0 Å². The highest BCUT2D eigenvalue weighted by molar-refractivity contribution is 5.93. The first-order chi connectivity index (χ1) is 17.7. The minimum absolute atomic E-state index is 0.0980. The fraction of sp³-hybridized carbons (Fsp3) is 0.375. The lowest BCUT2D eigenvalue weighted by Gasteiger charge is -2.40. The Balaban J connectivity index is 1.51. The van der Waals surface area contributed by atoms with Crippen LogP contribution in [-0.4, -0.2) is 50.4 Å². The van der Waals surface area contributed by atoms with E-state index in [1.807, 2.05) is 0 Å². The van der Waals surface area contributed by atoms with E-state index in [0.29, 0.717) is 10.6 Å². The van der Waals surface area contributed by atoms with Gasteiger partial charge in [0, 0.05) is 50.6 Å². The van der Waals surface area contributed by atoms with Crippen molar-refractivity contribution in [1.29, 1.82) is 0 Å². The molecule has 14 heteroatoms. The Labute approximate surface area is 211 Å². The largest absolute Gasteiger partial charge is 0.449 e. The smallest absolute Gasteiger partial charge is 0.329 e. The molecule has 1 aliphatic heterocycles. The molecule has 38 heavy (non-hydrogen) atoms. The summed E-state index contributed by atoms with van der Waals surface area (Å²) in [7, 11) is 0. The number of nitrogens with zero attached hydrogens (tertiary/aromatic N) is 3. The number of aromatic amines is 1. The molecule has 0 saturated carbocycles. The average molecular weight is 545 g/mol. The van der Waals surface area contributed by atoms with Crippen molar-refractivity contribution in [2.45, 2.75) is 43.9 Å². The van der Waals surface area contributed by atoms with Gasteiger partial charge in [-0.25, -0.2) is 22.5 Å². The Bertz CT molecular complexity index is 1340. The van der Waals surface area contributed by atoms with Gasteiger partial charge in [-0.3, -0.25) is 14.5 Å². The molecule has 0 spiro atoms. The number of likely N-dealkylation sites (tertiary alicyclic amines) is 1. The van der Waals surface area contributed by atoms with Crippen LogP contribution < -0.4 is 10.9 Å². The molecule has 1 amide bonds. The zero-order valence-corrected chi connectivity index (χ0v) is 19.8. The standard InChI is InChI=1S/C24H22F7N5O2/c1-13(35-5-4-23(27,28)18(11-35)15-2-3-20(37)32-9-15)21(38)33-19-12-36(22(34-19)24(29,30)31)10-14-6-16(25)8-17(26)7-14/h2-3,6-9,12-13,18H,4-5,10-11H2,1H3,(H,32,37)(H,33,38). The minimum Gasteiger partial charge on any atom is -0.329 e. The summed E-state index contributed by atoms with van der Waals surface area (Å²) in [6, 6.07) is 3.69. The highest BCUT2D eigenvalue weighted by Crippen LogP contribution is 2.40. The van der Waals surface area contributed by atoms with E-state index in [0.717, 1.165) is 24.4 Å². The number of carbonyl (C=O) groups excluding carboxylic acids is 1. The van der Waals surface area contributed by atoms with E-state index in [2.05, 4.69) is 15.3 Å². The zero-order chi connectivity index (χ0) is 27.8.